The van der Waals surface area contributed by atoms with Gasteiger partial charge in [0.25, 0.3) is 0 Å². The molecule has 0 saturated heterocycles. The van der Waals surface area contributed by atoms with Gasteiger partial charge in [-0.3, -0.25) is 0 Å². The molecule has 0 spiro atoms. The Labute approximate surface area is 265 Å². The maximum Gasteiger partial charge on any atom is -0.000784 e. The second-order valence-electron chi connectivity index (χ2n) is 12.8. The third kappa shape index (κ3) is 3.08. The lowest BCUT2D eigenvalue weighted by molar-refractivity contribution is 1.70. The van der Waals surface area contributed by atoms with Gasteiger partial charge in [-0.05, 0) is 127 Å². The van der Waals surface area contributed by atoms with E-state index in [-0.39, 0.29) is 0 Å². The first-order valence-corrected chi connectivity index (χ1v) is 16.1. The van der Waals surface area contributed by atoms with Gasteiger partial charge >= 0.3 is 0 Å². The van der Waals surface area contributed by atoms with E-state index in [1.165, 1.54) is 109 Å². The van der Waals surface area contributed by atoms with Crippen LogP contribution in [0.4, 0.5) is 0 Å². The SMILES string of the molecule is c1ccc2c(c1)cc(-c1ccc3ccc4c(-c5cc6ccccc6c6ccccc56)cc5cccc6c5c4c3c1-6)c1ccccc12. The van der Waals surface area contributed by atoms with Gasteiger partial charge in [0, 0.05) is 0 Å². The van der Waals surface area contributed by atoms with Crippen molar-refractivity contribution in [2.45, 2.75) is 0 Å². The minimum atomic E-state index is 1.28. The second-order valence-corrected chi connectivity index (χ2v) is 12.8. The largest absolute Gasteiger partial charge is 0.0616 e. The molecule has 210 valence electrons. The third-order valence-electron chi connectivity index (χ3n) is 10.5. The van der Waals surface area contributed by atoms with E-state index >= 15 is 0 Å². The van der Waals surface area contributed by atoms with Crippen LogP contribution in [-0.4, -0.2) is 0 Å². The fourth-order valence-corrected chi connectivity index (χ4v) is 8.59. The average Bonchev–Trinajstić information content (AvgIpc) is 3.48. The van der Waals surface area contributed by atoms with Crippen molar-refractivity contribution >= 4 is 75.4 Å². The maximum absolute atomic E-state index is 2.44. The molecule has 0 N–H and O–H groups in total. The molecule has 0 radical (unpaired) electrons. The zero-order valence-corrected chi connectivity index (χ0v) is 25.0. The molecule has 11 rings (SSSR count). The van der Waals surface area contributed by atoms with E-state index in [9.17, 15) is 0 Å². The van der Waals surface area contributed by atoms with Crippen molar-refractivity contribution < 1.29 is 0 Å². The number of hydrogen-bond donors (Lipinski definition) is 0. The van der Waals surface area contributed by atoms with Gasteiger partial charge in [-0.15, -0.1) is 0 Å². The van der Waals surface area contributed by atoms with Crippen LogP contribution in [0.25, 0.3) is 109 Å². The number of rotatable bonds is 2. The molecule has 0 heteroatoms. The van der Waals surface area contributed by atoms with E-state index in [0.717, 1.165) is 0 Å². The van der Waals surface area contributed by atoms with Crippen molar-refractivity contribution in [1.82, 2.24) is 0 Å². The molecule has 0 nitrogen and oxygen atoms in total. The summed E-state index contributed by atoms with van der Waals surface area (Å²) in [6.45, 7) is 0. The Kier molecular flexibility index (Phi) is 4.66. The van der Waals surface area contributed by atoms with Crippen LogP contribution in [0.2, 0.25) is 0 Å². The molecule has 0 saturated carbocycles. The quantitative estimate of drug-likeness (QED) is 0.179. The molecule has 1 aliphatic carbocycles. The Morgan fingerprint density at radius 2 is 0.717 bits per heavy atom. The molecule has 0 aliphatic heterocycles. The molecule has 10 aromatic carbocycles. The Hall–Kier alpha value is -5.98. The van der Waals surface area contributed by atoms with Crippen molar-refractivity contribution in [3.05, 3.63) is 158 Å². The van der Waals surface area contributed by atoms with Crippen LogP contribution in [0.15, 0.2) is 158 Å². The lowest BCUT2D eigenvalue weighted by Crippen LogP contribution is -1.88. The Morgan fingerprint density at radius 3 is 1.39 bits per heavy atom. The summed E-state index contributed by atoms with van der Waals surface area (Å²) < 4.78 is 0. The van der Waals surface area contributed by atoms with Gasteiger partial charge < -0.3 is 0 Å². The zero-order chi connectivity index (χ0) is 29.9. The highest BCUT2D eigenvalue weighted by atomic mass is 14.3. The smallest absolute Gasteiger partial charge is 0.000784 e. The molecule has 0 aromatic heterocycles. The molecule has 0 atom stereocenters. The van der Waals surface area contributed by atoms with Crippen LogP contribution in [0.3, 0.4) is 0 Å². The molecule has 0 fully saturated rings. The highest BCUT2D eigenvalue weighted by molar-refractivity contribution is 6.37. The molecule has 0 heterocycles. The number of hydrogen-bond acceptors (Lipinski definition) is 0. The van der Waals surface area contributed by atoms with Crippen molar-refractivity contribution in [1.29, 1.82) is 0 Å². The molecule has 0 amide bonds. The van der Waals surface area contributed by atoms with Crippen LogP contribution < -0.4 is 0 Å². The molecule has 1 aliphatic rings. The number of fused-ring (bicyclic) bond motifs is 7. The first-order chi connectivity index (χ1) is 22.8. The first kappa shape index (κ1) is 24.4. The van der Waals surface area contributed by atoms with Crippen LogP contribution in [0.5, 0.6) is 0 Å². The first-order valence-electron chi connectivity index (χ1n) is 16.1. The Balaban J connectivity index is 1.30. The van der Waals surface area contributed by atoms with Gasteiger partial charge in [-0.1, -0.05) is 140 Å². The number of benzene rings is 10. The predicted octanol–water partition coefficient (Wildman–Crippen LogP) is 13.1. The summed E-state index contributed by atoms with van der Waals surface area (Å²) in [6, 6.07) is 59.0. The fraction of sp³-hybridized carbons (Fsp3) is 0. The maximum atomic E-state index is 2.44. The van der Waals surface area contributed by atoms with Gasteiger partial charge in [-0.2, -0.15) is 0 Å². The van der Waals surface area contributed by atoms with E-state index in [4.69, 9.17) is 0 Å². The van der Waals surface area contributed by atoms with Gasteiger partial charge in [0.1, 0.15) is 0 Å². The van der Waals surface area contributed by atoms with E-state index in [0.29, 0.717) is 0 Å². The molecule has 46 heavy (non-hydrogen) atoms. The van der Waals surface area contributed by atoms with E-state index in [1.54, 1.807) is 0 Å². The van der Waals surface area contributed by atoms with Crippen molar-refractivity contribution in [2.24, 2.45) is 0 Å². The fourth-order valence-electron chi connectivity index (χ4n) is 8.59. The summed E-state index contributed by atoms with van der Waals surface area (Å²) >= 11 is 0. The standard InChI is InChI=1S/C46H26/c1-3-13-31-28(10-1)24-40(35-17-7-5-15-33(31)35)37-22-20-27-21-23-38-42(26-30-12-9-19-39-43(30)46(38)44(27)45(37)39)41-25-29-11-2-4-14-32(29)34-16-6-8-18-36(34)41/h1-26H. The summed E-state index contributed by atoms with van der Waals surface area (Å²) in [5.74, 6) is 0. The Bertz CT molecular complexity index is 2960. The van der Waals surface area contributed by atoms with Crippen LogP contribution in [0.1, 0.15) is 0 Å². The lowest BCUT2D eigenvalue weighted by atomic mass is 9.87. The van der Waals surface area contributed by atoms with Crippen molar-refractivity contribution in [2.75, 3.05) is 0 Å². The summed E-state index contributed by atoms with van der Waals surface area (Å²) in [5.41, 5.74) is 7.92. The normalized spacial score (nSPS) is 12.3. The minimum Gasteiger partial charge on any atom is -0.0616 e. The van der Waals surface area contributed by atoms with Gasteiger partial charge in [-0.25, -0.2) is 0 Å². The monoisotopic (exact) mass is 578 g/mol. The molecular formula is C46H26. The van der Waals surface area contributed by atoms with E-state index < -0.39 is 0 Å². The molecule has 10 aromatic rings. The molecular weight excluding hydrogens is 553 g/mol. The van der Waals surface area contributed by atoms with E-state index in [2.05, 4.69) is 158 Å². The summed E-state index contributed by atoms with van der Waals surface area (Å²) in [7, 11) is 0. The minimum absolute atomic E-state index is 1.28. The topological polar surface area (TPSA) is 0 Å². The summed E-state index contributed by atoms with van der Waals surface area (Å²) in [6.07, 6.45) is 0. The van der Waals surface area contributed by atoms with Gasteiger partial charge in [0.2, 0.25) is 0 Å². The highest BCUT2D eigenvalue weighted by Gasteiger charge is 2.26. The summed E-state index contributed by atoms with van der Waals surface area (Å²) in [4.78, 5) is 0. The van der Waals surface area contributed by atoms with Gasteiger partial charge in [0.15, 0.2) is 0 Å². The Morgan fingerprint density at radius 1 is 0.217 bits per heavy atom. The van der Waals surface area contributed by atoms with Crippen molar-refractivity contribution in [3.8, 4) is 33.4 Å². The van der Waals surface area contributed by atoms with E-state index in [1.807, 2.05) is 0 Å². The second kappa shape index (κ2) is 8.81. The predicted molar refractivity (Wildman–Crippen MR) is 199 cm³/mol. The zero-order valence-electron chi connectivity index (χ0n) is 25.0. The third-order valence-corrected chi connectivity index (χ3v) is 10.5. The van der Waals surface area contributed by atoms with Crippen molar-refractivity contribution in [3.63, 3.8) is 0 Å². The average molecular weight is 579 g/mol. The highest BCUT2D eigenvalue weighted by Crippen LogP contribution is 2.54. The molecule has 0 bridgehead atoms. The van der Waals surface area contributed by atoms with Crippen LogP contribution >= 0.6 is 0 Å². The van der Waals surface area contributed by atoms with Gasteiger partial charge in [0.05, 0.1) is 0 Å². The molecule has 0 unspecified atom stereocenters. The van der Waals surface area contributed by atoms with Crippen LogP contribution in [0, 0.1) is 0 Å². The summed E-state index contributed by atoms with van der Waals surface area (Å²) in [5, 5.41) is 18.5. The van der Waals surface area contributed by atoms with Crippen LogP contribution in [-0.2, 0) is 0 Å². The lowest BCUT2D eigenvalue weighted by Gasteiger charge is -2.16.